The average molecular weight is 440 g/mol. The van der Waals surface area contributed by atoms with Crippen molar-refractivity contribution in [1.82, 2.24) is 15.8 Å². The summed E-state index contributed by atoms with van der Waals surface area (Å²) in [5.74, 6) is 1.20. The van der Waals surface area contributed by atoms with Crippen LogP contribution < -0.4 is 15.6 Å². The number of fused-ring (bicyclic) bond motifs is 1. The topological polar surface area (TPSA) is 53.6 Å². The van der Waals surface area contributed by atoms with E-state index in [1.807, 2.05) is 24.1 Å². The van der Waals surface area contributed by atoms with Crippen molar-refractivity contribution in [3.8, 4) is 5.75 Å². The summed E-state index contributed by atoms with van der Waals surface area (Å²) in [5.41, 5.74) is 10.2. The number of methoxy groups -OCH3 is 1. The summed E-state index contributed by atoms with van der Waals surface area (Å²) in [4.78, 5) is 14.8. The second kappa shape index (κ2) is 10.5. The normalized spacial score (nSPS) is 22.4. The number of hydrogen-bond donors (Lipinski definition) is 2. The summed E-state index contributed by atoms with van der Waals surface area (Å²) in [6.07, 6.45) is 6.65. The molecule has 6 heteroatoms. The van der Waals surface area contributed by atoms with Crippen LogP contribution in [0, 0.1) is 5.82 Å². The number of benzene rings is 2. The van der Waals surface area contributed by atoms with Crippen molar-refractivity contribution in [2.75, 3.05) is 20.7 Å². The first kappa shape index (κ1) is 22.7. The van der Waals surface area contributed by atoms with Gasteiger partial charge in [0.05, 0.1) is 7.11 Å². The molecule has 1 heterocycles. The molecule has 2 N–H and O–H groups in total. The zero-order valence-electron chi connectivity index (χ0n) is 19.1. The lowest BCUT2D eigenvalue weighted by Gasteiger charge is -2.27. The summed E-state index contributed by atoms with van der Waals surface area (Å²) >= 11 is 0. The minimum atomic E-state index is -0.201. The molecule has 172 valence electrons. The zero-order valence-corrected chi connectivity index (χ0v) is 19.1. The lowest BCUT2D eigenvalue weighted by molar-refractivity contribution is -0.130. The highest BCUT2D eigenvalue weighted by atomic mass is 19.1. The fraction of sp³-hybridized carbons (Fsp3) is 0.500. The average Bonchev–Trinajstić information content (AvgIpc) is 3.27. The van der Waals surface area contributed by atoms with E-state index in [-0.39, 0.29) is 17.8 Å². The van der Waals surface area contributed by atoms with Crippen LogP contribution in [0.1, 0.15) is 67.2 Å². The molecule has 1 saturated heterocycles. The smallest absolute Gasteiger partial charge is 0.222 e. The Balaban J connectivity index is 1.22. The van der Waals surface area contributed by atoms with Crippen LogP contribution in [0.3, 0.4) is 0 Å². The van der Waals surface area contributed by atoms with Gasteiger partial charge in [-0.2, -0.15) is 0 Å². The van der Waals surface area contributed by atoms with Gasteiger partial charge >= 0.3 is 0 Å². The minimum absolute atomic E-state index is 0.125. The van der Waals surface area contributed by atoms with Gasteiger partial charge in [0.2, 0.25) is 5.91 Å². The van der Waals surface area contributed by atoms with E-state index in [0.717, 1.165) is 56.4 Å². The molecule has 5 nitrogen and oxygen atoms in total. The Morgan fingerprint density at radius 3 is 2.91 bits per heavy atom. The van der Waals surface area contributed by atoms with Crippen LogP contribution in [0.15, 0.2) is 42.5 Å². The van der Waals surface area contributed by atoms with E-state index in [2.05, 4.69) is 23.0 Å². The van der Waals surface area contributed by atoms with Crippen molar-refractivity contribution in [3.05, 3.63) is 65.0 Å². The highest BCUT2D eigenvalue weighted by Crippen LogP contribution is 2.36. The number of carbonyl (C=O) groups excluding carboxylic acids is 1. The van der Waals surface area contributed by atoms with Gasteiger partial charge in [-0.15, -0.1) is 0 Å². The number of aryl methyl sites for hydroxylation is 1. The number of carbonyl (C=O) groups is 1. The van der Waals surface area contributed by atoms with E-state index in [1.165, 1.54) is 17.2 Å². The third kappa shape index (κ3) is 5.48. The fourth-order valence-electron chi connectivity index (χ4n) is 5.05. The number of amides is 1. The van der Waals surface area contributed by atoms with E-state index >= 15 is 0 Å². The molecule has 32 heavy (non-hydrogen) atoms. The lowest BCUT2D eigenvalue weighted by Crippen LogP contribution is -2.33. The van der Waals surface area contributed by atoms with Crippen LogP contribution in [-0.4, -0.2) is 37.6 Å². The molecule has 4 rings (SSSR count). The van der Waals surface area contributed by atoms with E-state index in [1.54, 1.807) is 19.2 Å². The summed E-state index contributed by atoms with van der Waals surface area (Å²) < 4.78 is 18.8. The predicted octanol–water partition coefficient (Wildman–Crippen LogP) is 4.49. The zero-order chi connectivity index (χ0) is 22.5. The lowest BCUT2D eigenvalue weighted by atomic mass is 9.80. The number of hydrazine groups is 1. The molecular weight excluding hydrogens is 405 g/mol. The monoisotopic (exact) mass is 439 g/mol. The van der Waals surface area contributed by atoms with Gasteiger partial charge in [-0.3, -0.25) is 15.6 Å². The Morgan fingerprint density at radius 1 is 1.22 bits per heavy atom. The fourth-order valence-corrected chi connectivity index (χ4v) is 5.05. The predicted molar refractivity (Wildman–Crippen MR) is 124 cm³/mol. The van der Waals surface area contributed by atoms with Gasteiger partial charge in [0.15, 0.2) is 0 Å². The van der Waals surface area contributed by atoms with E-state index < -0.39 is 0 Å². The van der Waals surface area contributed by atoms with Crippen molar-refractivity contribution in [3.63, 3.8) is 0 Å². The summed E-state index contributed by atoms with van der Waals surface area (Å²) in [7, 11) is 3.61. The summed E-state index contributed by atoms with van der Waals surface area (Å²) in [6.45, 7) is 0.754. The molecule has 1 fully saturated rings. The standard InChI is InChI=1S/C26H34FN3O2/c1-30(13-5-10-22-17-25(29-28-22)20-8-4-9-21(27)14-20)26(31)16-19-7-3-6-18-15-23(32-2)11-12-24(18)19/h4,8-9,11-12,14-15,19,22,25,28-29H,3,5-7,10,13,16-17H2,1-2H3. The molecular formula is C26H34FN3O2. The number of nitrogens with one attached hydrogen (secondary N) is 2. The molecule has 3 atom stereocenters. The Labute approximate surface area is 190 Å². The Morgan fingerprint density at radius 2 is 2.09 bits per heavy atom. The summed E-state index contributed by atoms with van der Waals surface area (Å²) in [5, 5.41) is 0. The molecule has 0 aromatic heterocycles. The first-order chi connectivity index (χ1) is 15.5. The van der Waals surface area contributed by atoms with E-state index in [9.17, 15) is 9.18 Å². The van der Waals surface area contributed by atoms with Crippen molar-refractivity contribution >= 4 is 5.91 Å². The third-order valence-electron chi connectivity index (χ3n) is 6.91. The van der Waals surface area contributed by atoms with Gasteiger partial charge in [-0.25, -0.2) is 4.39 Å². The van der Waals surface area contributed by atoms with Gasteiger partial charge < -0.3 is 9.64 Å². The highest BCUT2D eigenvalue weighted by molar-refractivity contribution is 5.77. The Bertz CT molecular complexity index is 935. The number of hydrogen-bond acceptors (Lipinski definition) is 4. The second-order valence-electron chi connectivity index (χ2n) is 9.14. The van der Waals surface area contributed by atoms with Crippen LogP contribution >= 0.6 is 0 Å². The maximum atomic E-state index is 13.5. The van der Waals surface area contributed by atoms with Gasteiger partial charge in [-0.1, -0.05) is 18.2 Å². The molecule has 1 aliphatic heterocycles. The van der Waals surface area contributed by atoms with Crippen molar-refractivity contribution in [2.45, 2.75) is 62.9 Å². The molecule has 0 spiro atoms. The minimum Gasteiger partial charge on any atom is -0.497 e. The van der Waals surface area contributed by atoms with Crippen molar-refractivity contribution < 1.29 is 13.9 Å². The summed E-state index contributed by atoms with van der Waals surface area (Å²) in [6, 6.07) is 13.5. The molecule has 2 aromatic carbocycles. The SMILES string of the molecule is COc1ccc2c(c1)CCCC2CC(=O)N(C)CCCC1CC(c2cccc(F)c2)NN1. The molecule has 1 aliphatic carbocycles. The number of halogens is 1. The molecule has 0 bridgehead atoms. The van der Waals surface area contributed by atoms with Crippen molar-refractivity contribution in [1.29, 1.82) is 0 Å². The third-order valence-corrected chi connectivity index (χ3v) is 6.91. The first-order valence-electron chi connectivity index (χ1n) is 11.7. The van der Waals surface area contributed by atoms with Crippen LogP contribution in [0.25, 0.3) is 0 Å². The maximum absolute atomic E-state index is 13.5. The molecule has 0 saturated carbocycles. The van der Waals surface area contributed by atoms with Gasteiger partial charge in [0, 0.05) is 32.1 Å². The van der Waals surface area contributed by atoms with Gasteiger partial charge in [0.25, 0.3) is 0 Å². The van der Waals surface area contributed by atoms with E-state index in [4.69, 9.17) is 4.74 Å². The van der Waals surface area contributed by atoms with Crippen LogP contribution in [-0.2, 0) is 11.2 Å². The largest absolute Gasteiger partial charge is 0.497 e. The van der Waals surface area contributed by atoms with Gasteiger partial charge in [-0.05, 0) is 85.4 Å². The Kier molecular flexibility index (Phi) is 7.43. The quantitative estimate of drug-likeness (QED) is 0.636. The molecule has 3 unspecified atom stereocenters. The first-order valence-corrected chi connectivity index (χ1v) is 11.7. The number of ether oxygens (including phenoxy) is 1. The van der Waals surface area contributed by atoms with Crippen LogP contribution in [0.4, 0.5) is 4.39 Å². The van der Waals surface area contributed by atoms with Crippen LogP contribution in [0.5, 0.6) is 5.75 Å². The van der Waals surface area contributed by atoms with Crippen molar-refractivity contribution in [2.24, 2.45) is 0 Å². The number of rotatable bonds is 8. The van der Waals surface area contributed by atoms with E-state index in [0.29, 0.717) is 18.4 Å². The highest BCUT2D eigenvalue weighted by Gasteiger charge is 2.26. The second-order valence-corrected chi connectivity index (χ2v) is 9.14. The van der Waals surface area contributed by atoms with Crippen LogP contribution in [0.2, 0.25) is 0 Å². The molecule has 2 aromatic rings. The Hall–Kier alpha value is -2.44. The van der Waals surface area contributed by atoms with Gasteiger partial charge in [0.1, 0.15) is 11.6 Å². The maximum Gasteiger partial charge on any atom is 0.222 e. The number of nitrogens with zero attached hydrogens (tertiary/aromatic N) is 1. The molecule has 0 radical (unpaired) electrons. The molecule has 2 aliphatic rings. The molecule has 1 amide bonds.